The van der Waals surface area contributed by atoms with Gasteiger partial charge >= 0.3 is 0 Å². The number of carbonyl (C=O) groups is 1. The highest BCUT2D eigenvalue weighted by molar-refractivity contribution is 7.10. The Morgan fingerprint density at radius 2 is 2.47 bits per heavy atom. The van der Waals surface area contributed by atoms with E-state index in [1.165, 1.54) is 10.4 Å². The van der Waals surface area contributed by atoms with Gasteiger partial charge in [0.25, 0.3) is 0 Å². The SMILES string of the molecule is CCc1ccsc1CN1CC(O)CC1=O. The molecule has 82 valence electrons. The van der Waals surface area contributed by atoms with Crippen molar-refractivity contribution in [3.05, 3.63) is 21.9 Å². The molecule has 0 spiro atoms. The maximum absolute atomic E-state index is 11.5. The minimum atomic E-state index is -0.470. The Balaban J connectivity index is 2.06. The van der Waals surface area contributed by atoms with Crippen LogP contribution < -0.4 is 0 Å². The number of β-amino-alcohol motifs (C(OH)–C–C–N with tert-alkyl or cyclic N) is 1. The summed E-state index contributed by atoms with van der Waals surface area (Å²) in [5.74, 6) is 0.0675. The third-order valence-electron chi connectivity index (χ3n) is 2.75. The van der Waals surface area contributed by atoms with Crippen LogP contribution in [0.15, 0.2) is 11.4 Å². The van der Waals surface area contributed by atoms with Crippen molar-refractivity contribution in [3.8, 4) is 0 Å². The van der Waals surface area contributed by atoms with Gasteiger partial charge in [-0.1, -0.05) is 6.92 Å². The summed E-state index contributed by atoms with van der Waals surface area (Å²) in [6.07, 6.45) is 0.818. The van der Waals surface area contributed by atoms with E-state index in [0.29, 0.717) is 13.1 Å². The third kappa shape index (κ3) is 2.21. The molecule has 1 aromatic rings. The lowest BCUT2D eigenvalue weighted by Crippen LogP contribution is -2.25. The first-order valence-electron chi connectivity index (χ1n) is 5.21. The fourth-order valence-electron chi connectivity index (χ4n) is 1.90. The van der Waals surface area contributed by atoms with Gasteiger partial charge in [-0.25, -0.2) is 0 Å². The Labute approximate surface area is 93.3 Å². The number of aliphatic hydroxyl groups is 1. The predicted octanol–water partition coefficient (Wildman–Crippen LogP) is 1.40. The van der Waals surface area contributed by atoms with Gasteiger partial charge in [0.15, 0.2) is 0 Å². The molecule has 15 heavy (non-hydrogen) atoms. The molecule has 0 radical (unpaired) electrons. The van der Waals surface area contributed by atoms with Gasteiger partial charge in [0.1, 0.15) is 0 Å². The molecule has 1 N–H and O–H groups in total. The molecule has 0 aliphatic carbocycles. The summed E-state index contributed by atoms with van der Waals surface area (Å²) >= 11 is 1.69. The molecule has 0 saturated carbocycles. The zero-order chi connectivity index (χ0) is 10.8. The zero-order valence-corrected chi connectivity index (χ0v) is 9.59. The molecule has 1 aromatic heterocycles. The van der Waals surface area contributed by atoms with Gasteiger partial charge in [-0.05, 0) is 23.4 Å². The van der Waals surface area contributed by atoms with Gasteiger partial charge in [-0.3, -0.25) is 4.79 Å². The first-order valence-corrected chi connectivity index (χ1v) is 6.09. The van der Waals surface area contributed by atoms with Gasteiger partial charge in [0.2, 0.25) is 5.91 Å². The van der Waals surface area contributed by atoms with Crippen LogP contribution in [-0.2, 0) is 17.8 Å². The molecular weight excluding hydrogens is 210 g/mol. The minimum Gasteiger partial charge on any atom is -0.391 e. The van der Waals surface area contributed by atoms with E-state index in [0.717, 1.165) is 6.42 Å². The molecule has 0 aromatic carbocycles. The number of amides is 1. The van der Waals surface area contributed by atoms with Crippen molar-refractivity contribution < 1.29 is 9.90 Å². The monoisotopic (exact) mass is 225 g/mol. The molecule has 1 saturated heterocycles. The van der Waals surface area contributed by atoms with E-state index in [1.807, 2.05) is 0 Å². The molecule has 0 bridgehead atoms. The first kappa shape index (κ1) is 10.6. The third-order valence-corrected chi connectivity index (χ3v) is 3.70. The second-order valence-corrected chi connectivity index (χ2v) is 4.86. The Morgan fingerprint density at radius 1 is 1.67 bits per heavy atom. The standard InChI is InChI=1S/C11H15NO2S/c1-2-8-3-4-15-10(8)7-12-6-9(13)5-11(12)14/h3-4,9,13H,2,5-7H2,1H3. The van der Waals surface area contributed by atoms with Crippen LogP contribution in [0.2, 0.25) is 0 Å². The van der Waals surface area contributed by atoms with Crippen LogP contribution in [0.25, 0.3) is 0 Å². The van der Waals surface area contributed by atoms with E-state index >= 15 is 0 Å². The van der Waals surface area contributed by atoms with Crippen LogP contribution in [0, 0.1) is 0 Å². The maximum atomic E-state index is 11.5. The lowest BCUT2D eigenvalue weighted by molar-refractivity contribution is -0.128. The van der Waals surface area contributed by atoms with Crippen LogP contribution in [0.4, 0.5) is 0 Å². The van der Waals surface area contributed by atoms with Gasteiger partial charge < -0.3 is 10.0 Å². The fourth-order valence-corrected chi connectivity index (χ4v) is 2.89. The molecule has 1 unspecified atom stereocenters. The van der Waals surface area contributed by atoms with Crippen LogP contribution in [0.5, 0.6) is 0 Å². The lowest BCUT2D eigenvalue weighted by atomic mass is 10.2. The highest BCUT2D eigenvalue weighted by Crippen LogP contribution is 2.22. The van der Waals surface area contributed by atoms with Gasteiger partial charge in [-0.15, -0.1) is 11.3 Å². The van der Waals surface area contributed by atoms with E-state index in [9.17, 15) is 9.90 Å². The van der Waals surface area contributed by atoms with Crippen molar-refractivity contribution in [1.29, 1.82) is 0 Å². The van der Waals surface area contributed by atoms with E-state index in [-0.39, 0.29) is 12.3 Å². The van der Waals surface area contributed by atoms with E-state index < -0.39 is 6.10 Å². The number of likely N-dealkylation sites (tertiary alicyclic amines) is 1. The molecule has 1 atom stereocenters. The molecule has 1 amide bonds. The number of carbonyl (C=O) groups excluding carboxylic acids is 1. The molecule has 3 nitrogen and oxygen atoms in total. The number of nitrogens with zero attached hydrogens (tertiary/aromatic N) is 1. The van der Waals surface area contributed by atoms with E-state index in [1.54, 1.807) is 16.2 Å². The molecule has 2 heterocycles. The second kappa shape index (κ2) is 4.33. The van der Waals surface area contributed by atoms with Crippen LogP contribution >= 0.6 is 11.3 Å². The summed E-state index contributed by atoms with van der Waals surface area (Å²) in [4.78, 5) is 14.5. The van der Waals surface area contributed by atoms with Crippen LogP contribution in [0.1, 0.15) is 23.8 Å². The largest absolute Gasteiger partial charge is 0.391 e. The zero-order valence-electron chi connectivity index (χ0n) is 8.77. The molecule has 4 heteroatoms. The molecule has 1 aliphatic rings. The maximum Gasteiger partial charge on any atom is 0.225 e. The topological polar surface area (TPSA) is 40.5 Å². The first-order chi connectivity index (χ1) is 7.20. The summed E-state index contributed by atoms with van der Waals surface area (Å²) in [5, 5.41) is 11.4. The summed E-state index contributed by atoms with van der Waals surface area (Å²) in [7, 11) is 0. The van der Waals surface area contributed by atoms with Crippen molar-refractivity contribution in [1.82, 2.24) is 4.90 Å². The number of hydrogen-bond donors (Lipinski definition) is 1. The Bertz CT molecular complexity index is 361. The number of aliphatic hydroxyl groups excluding tert-OH is 1. The lowest BCUT2D eigenvalue weighted by Gasteiger charge is -2.15. The molecule has 1 fully saturated rings. The van der Waals surface area contributed by atoms with Crippen molar-refractivity contribution in [3.63, 3.8) is 0 Å². The van der Waals surface area contributed by atoms with E-state index in [2.05, 4.69) is 18.4 Å². The second-order valence-electron chi connectivity index (χ2n) is 3.85. The number of rotatable bonds is 3. The average molecular weight is 225 g/mol. The molecule has 1 aliphatic heterocycles. The average Bonchev–Trinajstić information content (AvgIpc) is 2.74. The van der Waals surface area contributed by atoms with Crippen molar-refractivity contribution in [2.75, 3.05) is 6.54 Å². The van der Waals surface area contributed by atoms with Crippen molar-refractivity contribution in [2.45, 2.75) is 32.4 Å². The van der Waals surface area contributed by atoms with Gasteiger partial charge in [0, 0.05) is 11.4 Å². The van der Waals surface area contributed by atoms with Crippen molar-refractivity contribution >= 4 is 17.2 Å². The highest BCUT2D eigenvalue weighted by atomic mass is 32.1. The normalized spacial score (nSPS) is 21.3. The Morgan fingerprint density at radius 3 is 3.07 bits per heavy atom. The van der Waals surface area contributed by atoms with Crippen molar-refractivity contribution in [2.24, 2.45) is 0 Å². The highest BCUT2D eigenvalue weighted by Gasteiger charge is 2.28. The molecule has 2 rings (SSSR count). The van der Waals surface area contributed by atoms with Gasteiger partial charge in [-0.2, -0.15) is 0 Å². The number of thiophene rings is 1. The smallest absolute Gasteiger partial charge is 0.225 e. The van der Waals surface area contributed by atoms with Crippen LogP contribution in [0.3, 0.4) is 0 Å². The number of hydrogen-bond acceptors (Lipinski definition) is 3. The van der Waals surface area contributed by atoms with E-state index in [4.69, 9.17) is 0 Å². The summed E-state index contributed by atoms with van der Waals surface area (Å²) in [6, 6.07) is 2.11. The van der Waals surface area contributed by atoms with Crippen LogP contribution in [-0.4, -0.2) is 28.6 Å². The Hall–Kier alpha value is -0.870. The summed E-state index contributed by atoms with van der Waals surface area (Å²) < 4.78 is 0. The fraction of sp³-hybridized carbons (Fsp3) is 0.545. The minimum absolute atomic E-state index is 0.0675. The summed E-state index contributed by atoms with van der Waals surface area (Å²) in [6.45, 7) is 3.27. The quantitative estimate of drug-likeness (QED) is 0.845. The predicted molar refractivity (Wildman–Crippen MR) is 59.7 cm³/mol. The molecular formula is C11H15NO2S. The number of aryl methyl sites for hydroxylation is 1. The van der Waals surface area contributed by atoms with Gasteiger partial charge in [0.05, 0.1) is 19.1 Å². The summed E-state index contributed by atoms with van der Waals surface area (Å²) in [5.41, 5.74) is 1.31. The Kier molecular flexibility index (Phi) is 3.07.